The maximum absolute atomic E-state index is 10.5. The molecule has 0 aliphatic heterocycles. The molecule has 0 aliphatic carbocycles. The summed E-state index contributed by atoms with van der Waals surface area (Å²) in [5.41, 5.74) is 3.80. The summed E-state index contributed by atoms with van der Waals surface area (Å²) < 4.78 is 14.9. The van der Waals surface area contributed by atoms with Crippen LogP contribution in [0.3, 0.4) is 0 Å². The van der Waals surface area contributed by atoms with Crippen LogP contribution in [0.15, 0.2) is 34.9 Å². The predicted octanol–water partition coefficient (Wildman–Crippen LogP) is 4.68. The Bertz CT molecular complexity index is 417. The third kappa shape index (κ3) is 17.2. The van der Waals surface area contributed by atoms with Crippen LogP contribution < -0.4 is 6.15 Å². The lowest BCUT2D eigenvalue weighted by molar-refractivity contribution is 0.215. The average molecular weight is 319 g/mol. The van der Waals surface area contributed by atoms with Crippen LogP contribution in [-0.4, -0.2) is 16.4 Å². The normalized spacial score (nSPS) is 12.9. The van der Waals surface area contributed by atoms with E-state index in [0.29, 0.717) is 0 Å². The minimum absolute atomic E-state index is 0. The zero-order valence-corrected chi connectivity index (χ0v) is 14.5. The molecule has 5 N–H and O–H groups in total. The number of phosphoric ester groups is 1. The SMILES string of the molecule is CC(C)=CCC/C(C)=C/CC/C(C)=C/COP(=O)(O)O.N. The van der Waals surface area contributed by atoms with Crippen LogP contribution in [0.25, 0.3) is 0 Å². The molecule has 6 heteroatoms. The van der Waals surface area contributed by atoms with Gasteiger partial charge in [0.2, 0.25) is 0 Å². The van der Waals surface area contributed by atoms with Crippen LogP contribution in [0.5, 0.6) is 0 Å². The molecule has 0 bridgehead atoms. The minimum Gasteiger partial charge on any atom is -0.344 e. The molecule has 21 heavy (non-hydrogen) atoms. The summed E-state index contributed by atoms with van der Waals surface area (Å²) in [6, 6.07) is 0. The van der Waals surface area contributed by atoms with E-state index in [9.17, 15) is 4.57 Å². The standard InChI is InChI=1S/C15H27O4P.H3N/c1-13(2)7-5-8-14(3)9-6-10-15(4)11-12-19-20(16,17)18;/h7,9,11H,5-6,8,10,12H2,1-4H3,(H2,16,17,18);1H3/b14-9+,15-11+;. The molecule has 0 fully saturated rings. The van der Waals surface area contributed by atoms with E-state index in [0.717, 1.165) is 31.3 Å². The molecule has 0 saturated carbocycles. The molecule has 5 nitrogen and oxygen atoms in total. The number of rotatable bonds is 9. The second-order valence-electron chi connectivity index (χ2n) is 5.25. The monoisotopic (exact) mass is 319 g/mol. The van der Waals surface area contributed by atoms with Gasteiger partial charge in [0.25, 0.3) is 0 Å². The molecule has 0 spiro atoms. The molecule has 0 amide bonds. The fourth-order valence-corrected chi connectivity index (χ4v) is 1.88. The van der Waals surface area contributed by atoms with E-state index < -0.39 is 7.82 Å². The first-order chi connectivity index (χ1) is 9.20. The Balaban J connectivity index is 0. The molecular weight excluding hydrogens is 289 g/mol. The van der Waals surface area contributed by atoms with Crippen molar-refractivity contribution >= 4 is 7.82 Å². The molecule has 124 valence electrons. The number of phosphoric acid groups is 1. The largest absolute Gasteiger partial charge is 0.469 e. The van der Waals surface area contributed by atoms with Gasteiger partial charge in [0, 0.05) is 0 Å². The highest BCUT2D eigenvalue weighted by molar-refractivity contribution is 7.46. The van der Waals surface area contributed by atoms with Gasteiger partial charge in [-0.05, 0) is 53.4 Å². The molecule has 0 aromatic rings. The van der Waals surface area contributed by atoms with Crippen molar-refractivity contribution < 1.29 is 18.9 Å². The summed E-state index contributed by atoms with van der Waals surface area (Å²) in [5.74, 6) is 0. The van der Waals surface area contributed by atoms with E-state index in [1.54, 1.807) is 6.08 Å². The highest BCUT2D eigenvalue weighted by Gasteiger charge is 2.11. The third-order valence-electron chi connectivity index (χ3n) is 2.80. The molecule has 0 aromatic carbocycles. The van der Waals surface area contributed by atoms with E-state index >= 15 is 0 Å². The fraction of sp³-hybridized carbons (Fsp3) is 0.600. The lowest BCUT2D eigenvalue weighted by Crippen LogP contribution is -1.89. The first-order valence-corrected chi connectivity index (χ1v) is 8.38. The second kappa shape index (κ2) is 11.9. The zero-order chi connectivity index (χ0) is 15.6. The Kier molecular flexibility index (Phi) is 12.8. The van der Waals surface area contributed by atoms with E-state index in [4.69, 9.17) is 9.79 Å². The topological polar surface area (TPSA) is 102 Å². The van der Waals surface area contributed by atoms with Crippen molar-refractivity contribution in [1.29, 1.82) is 0 Å². The molecule has 0 radical (unpaired) electrons. The molecule has 0 atom stereocenters. The molecule has 0 heterocycles. The van der Waals surface area contributed by atoms with E-state index in [1.807, 2.05) is 6.92 Å². The van der Waals surface area contributed by atoms with Crippen molar-refractivity contribution in [3.8, 4) is 0 Å². The maximum atomic E-state index is 10.5. The van der Waals surface area contributed by atoms with Crippen molar-refractivity contribution in [1.82, 2.24) is 6.15 Å². The second-order valence-corrected chi connectivity index (χ2v) is 6.49. The number of allylic oxidation sites excluding steroid dienone is 5. The Morgan fingerprint density at radius 1 is 0.952 bits per heavy atom. The van der Waals surface area contributed by atoms with Crippen LogP contribution in [0.1, 0.15) is 53.4 Å². The van der Waals surface area contributed by atoms with E-state index in [2.05, 4.69) is 37.4 Å². The Morgan fingerprint density at radius 2 is 1.43 bits per heavy atom. The van der Waals surface area contributed by atoms with Gasteiger partial charge in [-0.3, -0.25) is 4.52 Å². The highest BCUT2D eigenvalue weighted by atomic mass is 31.2. The average Bonchev–Trinajstić information content (AvgIpc) is 2.26. The van der Waals surface area contributed by atoms with Crippen LogP contribution in [-0.2, 0) is 9.09 Å². The van der Waals surface area contributed by atoms with Crippen molar-refractivity contribution in [3.63, 3.8) is 0 Å². The summed E-state index contributed by atoms with van der Waals surface area (Å²) in [5, 5.41) is 0. The fourth-order valence-electron chi connectivity index (χ4n) is 1.62. The van der Waals surface area contributed by atoms with E-state index in [-0.39, 0.29) is 12.8 Å². The van der Waals surface area contributed by atoms with Crippen LogP contribution >= 0.6 is 7.82 Å². The summed E-state index contributed by atoms with van der Waals surface area (Å²) in [6.45, 7) is 8.24. The van der Waals surface area contributed by atoms with Gasteiger partial charge in [0.05, 0.1) is 6.61 Å². The minimum atomic E-state index is -4.35. The molecule has 0 aromatic heterocycles. The number of hydrogen-bond acceptors (Lipinski definition) is 3. The predicted molar refractivity (Wildman–Crippen MR) is 88.4 cm³/mol. The van der Waals surface area contributed by atoms with Gasteiger partial charge in [-0.2, -0.15) is 0 Å². The molecule has 0 aliphatic rings. The van der Waals surface area contributed by atoms with Gasteiger partial charge >= 0.3 is 7.82 Å². The maximum Gasteiger partial charge on any atom is 0.469 e. The lowest BCUT2D eigenvalue weighted by atomic mass is 10.1. The van der Waals surface area contributed by atoms with Gasteiger partial charge in [-0.15, -0.1) is 0 Å². The van der Waals surface area contributed by atoms with Gasteiger partial charge < -0.3 is 15.9 Å². The molecule has 0 unspecified atom stereocenters. The summed E-state index contributed by atoms with van der Waals surface area (Å²) in [6.07, 6.45) is 10.2. The van der Waals surface area contributed by atoms with Crippen molar-refractivity contribution in [3.05, 3.63) is 34.9 Å². The number of hydrogen-bond donors (Lipinski definition) is 3. The summed E-state index contributed by atoms with van der Waals surface area (Å²) >= 11 is 0. The van der Waals surface area contributed by atoms with Crippen LogP contribution in [0.2, 0.25) is 0 Å². The molecular formula is C15H30NO4P. The van der Waals surface area contributed by atoms with E-state index in [1.165, 1.54) is 11.1 Å². The van der Waals surface area contributed by atoms with Gasteiger partial charge in [0.1, 0.15) is 0 Å². The first kappa shape index (κ1) is 22.6. The Morgan fingerprint density at radius 3 is 1.90 bits per heavy atom. The molecule has 0 rings (SSSR count). The van der Waals surface area contributed by atoms with Gasteiger partial charge in [0.15, 0.2) is 0 Å². The van der Waals surface area contributed by atoms with Crippen LogP contribution in [0.4, 0.5) is 0 Å². The Labute approximate surface area is 128 Å². The van der Waals surface area contributed by atoms with Crippen molar-refractivity contribution in [2.24, 2.45) is 0 Å². The smallest absolute Gasteiger partial charge is 0.344 e. The van der Waals surface area contributed by atoms with Crippen molar-refractivity contribution in [2.75, 3.05) is 6.61 Å². The first-order valence-electron chi connectivity index (χ1n) is 6.85. The van der Waals surface area contributed by atoms with Gasteiger partial charge in [-0.25, -0.2) is 4.57 Å². The highest BCUT2D eigenvalue weighted by Crippen LogP contribution is 2.35. The summed E-state index contributed by atoms with van der Waals surface area (Å²) in [4.78, 5) is 17.1. The lowest BCUT2D eigenvalue weighted by Gasteiger charge is -2.03. The van der Waals surface area contributed by atoms with Crippen molar-refractivity contribution in [2.45, 2.75) is 53.4 Å². The summed E-state index contributed by atoms with van der Waals surface area (Å²) in [7, 11) is -4.35. The zero-order valence-electron chi connectivity index (χ0n) is 13.6. The molecule has 0 saturated heterocycles. The van der Waals surface area contributed by atoms with Gasteiger partial charge in [-0.1, -0.05) is 34.9 Å². The quantitative estimate of drug-likeness (QED) is 0.423. The van der Waals surface area contributed by atoms with Crippen LogP contribution in [0, 0.1) is 0 Å². The third-order valence-corrected chi connectivity index (χ3v) is 3.28. The Hall–Kier alpha value is -0.710.